The van der Waals surface area contributed by atoms with Crippen LogP contribution in [0.2, 0.25) is 0 Å². The van der Waals surface area contributed by atoms with Gasteiger partial charge in [-0.15, -0.1) is 24.0 Å². The van der Waals surface area contributed by atoms with Gasteiger partial charge in [0, 0.05) is 57.4 Å². The lowest BCUT2D eigenvalue weighted by atomic mass is 10.2. The molecule has 1 atom stereocenters. The van der Waals surface area contributed by atoms with Crippen molar-refractivity contribution in [1.29, 1.82) is 0 Å². The molecule has 0 radical (unpaired) electrons. The number of hydrogen-bond acceptors (Lipinski definition) is 6. The van der Waals surface area contributed by atoms with E-state index in [1.165, 1.54) is 0 Å². The zero-order valence-corrected chi connectivity index (χ0v) is 21.9. The average molecular weight is 562 g/mol. The molecular formula is C23H40IN5O3. The van der Waals surface area contributed by atoms with E-state index in [1.807, 2.05) is 18.2 Å². The van der Waals surface area contributed by atoms with Gasteiger partial charge in [0.1, 0.15) is 12.4 Å². The van der Waals surface area contributed by atoms with E-state index in [0.717, 1.165) is 89.5 Å². The number of halogens is 1. The molecule has 0 aliphatic carbocycles. The second-order valence-corrected chi connectivity index (χ2v) is 7.98. The highest BCUT2D eigenvalue weighted by Crippen LogP contribution is 2.19. The van der Waals surface area contributed by atoms with Crippen molar-refractivity contribution >= 4 is 29.9 Å². The molecule has 9 heteroatoms. The highest BCUT2D eigenvalue weighted by atomic mass is 127. The summed E-state index contributed by atoms with van der Waals surface area (Å²) >= 11 is 0. The minimum absolute atomic E-state index is 0. The normalized spacial score (nSPS) is 19.1. The topological polar surface area (TPSA) is 70.6 Å². The van der Waals surface area contributed by atoms with Crippen LogP contribution < -0.4 is 15.4 Å². The first kappa shape index (κ1) is 27.1. The van der Waals surface area contributed by atoms with Gasteiger partial charge in [-0.05, 0) is 19.9 Å². The molecule has 1 unspecified atom stereocenters. The number of rotatable bonds is 10. The maximum Gasteiger partial charge on any atom is 0.191 e. The summed E-state index contributed by atoms with van der Waals surface area (Å²) in [7, 11) is 0. The number of morpholine rings is 2. The fourth-order valence-corrected chi connectivity index (χ4v) is 3.78. The second-order valence-electron chi connectivity index (χ2n) is 7.98. The third-order valence-corrected chi connectivity index (χ3v) is 5.73. The molecule has 0 bridgehead atoms. The van der Waals surface area contributed by atoms with Gasteiger partial charge in [0.05, 0.1) is 33.0 Å². The van der Waals surface area contributed by atoms with Gasteiger partial charge in [0.2, 0.25) is 0 Å². The van der Waals surface area contributed by atoms with Gasteiger partial charge >= 0.3 is 0 Å². The summed E-state index contributed by atoms with van der Waals surface area (Å²) in [6.07, 6.45) is 0. The van der Waals surface area contributed by atoms with Crippen molar-refractivity contribution in [2.24, 2.45) is 4.99 Å². The van der Waals surface area contributed by atoms with Crippen LogP contribution in [0.4, 0.5) is 0 Å². The first-order chi connectivity index (χ1) is 15.3. The molecule has 2 N–H and O–H groups in total. The summed E-state index contributed by atoms with van der Waals surface area (Å²) in [4.78, 5) is 9.64. The zero-order valence-electron chi connectivity index (χ0n) is 19.6. The molecule has 182 valence electrons. The number of guanidine groups is 1. The van der Waals surface area contributed by atoms with E-state index in [9.17, 15) is 0 Å². The van der Waals surface area contributed by atoms with E-state index < -0.39 is 0 Å². The summed E-state index contributed by atoms with van der Waals surface area (Å²) in [6.45, 7) is 15.4. The molecule has 8 nitrogen and oxygen atoms in total. The van der Waals surface area contributed by atoms with Crippen molar-refractivity contribution in [3.05, 3.63) is 29.8 Å². The van der Waals surface area contributed by atoms with Crippen molar-refractivity contribution in [1.82, 2.24) is 20.4 Å². The van der Waals surface area contributed by atoms with E-state index in [1.54, 1.807) is 0 Å². The average Bonchev–Trinajstić information content (AvgIpc) is 2.82. The standard InChI is InChI=1S/C23H39N5O3.HI/c1-3-24-23(25-18-20(2)28-11-15-30-16-12-28)26-19-21-6-4-5-7-22(21)31-17-10-27-8-13-29-14-9-27;/h4-7,20H,3,8-19H2,1-2H3,(H2,24,25,26);1H. The number of ether oxygens (including phenoxy) is 3. The Morgan fingerprint density at radius 3 is 2.47 bits per heavy atom. The van der Waals surface area contributed by atoms with Crippen LogP contribution in [0.3, 0.4) is 0 Å². The van der Waals surface area contributed by atoms with Gasteiger partial charge < -0.3 is 24.8 Å². The van der Waals surface area contributed by atoms with Crippen molar-refractivity contribution < 1.29 is 14.2 Å². The lowest BCUT2D eigenvalue weighted by molar-refractivity contribution is 0.0211. The van der Waals surface area contributed by atoms with Gasteiger partial charge in [0.25, 0.3) is 0 Å². The van der Waals surface area contributed by atoms with Gasteiger partial charge in [0.15, 0.2) is 5.96 Å². The predicted molar refractivity (Wildman–Crippen MR) is 139 cm³/mol. The largest absolute Gasteiger partial charge is 0.492 e. The third kappa shape index (κ3) is 9.38. The Bertz CT molecular complexity index is 667. The number of nitrogens with one attached hydrogen (secondary N) is 2. The van der Waals surface area contributed by atoms with Crippen LogP contribution in [-0.4, -0.2) is 101 Å². The van der Waals surface area contributed by atoms with Crippen LogP contribution in [-0.2, 0) is 16.0 Å². The smallest absolute Gasteiger partial charge is 0.191 e. The van der Waals surface area contributed by atoms with Crippen LogP contribution in [0.5, 0.6) is 5.75 Å². The predicted octanol–water partition coefficient (Wildman–Crippen LogP) is 1.79. The molecule has 3 rings (SSSR count). The van der Waals surface area contributed by atoms with E-state index in [2.05, 4.69) is 40.3 Å². The number of hydrogen-bond donors (Lipinski definition) is 2. The zero-order chi connectivity index (χ0) is 21.7. The molecule has 2 fully saturated rings. The molecule has 2 aliphatic heterocycles. The molecule has 2 saturated heterocycles. The molecule has 1 aromatic rings. The van der Waals surface area contributed by atoms with E-state index in [0.29, 0.717) is 19.2 Å². The number of aliphatic imine (C=N–C) groups is 1. The second kappa shape index (κ2) is 15.7. The molecule has 0 aromatic heterocycles. The summed E-state index contributed by atoms with van der Waals surface area (Å²) in [5, 5.41) is 6.84. The minimum atomic E-state index is 0. The van der Waals surface area contributed by atoms with Crippen molar-refractivity contribution in [2.45, 2.75) is 26.4 Å². The van der Waals surface area contributed by atoms with Gasteiger partial charge in [-0.1, -0.05) is 18.2 Å². The molecule has 0 saturated carbocycles. The number of nitrogens with zero attached hydrogens (tertiary/aromatic N) is 3. The minimum Gasteiger partial charge on any atom is -0.492 e. The van der Waals surface area contributed by atoms with Crippen LogP contribution in [0.25, 0.3) is 0 Å². The Morgan fingerprint density at radius 2 is 1.75 bits per heavy atom. The third-order valence-electron chi connectivity index (χ3n) is 5.73. The van der Waals surface area contributed by atoms with Crippen molar-refractivity contribution in [2.75, 3.05) is 78.8 Å². The molecule has 1 aromatic carbocycles. The molecular weight excluding hydrogens is 521 g/mol. The van der Waals surface area contributed by atoms with Crippen LogP contribution >= 0.6 is 24.0 Å². The Labute approximate surface area is 210 Å². The lowest BCUT2D eigenvalue weighted by Gasteiger charge is -2.32. The van der Waals surface area contributed by atoms with Crippen LogP contribution in [0.15, 0.2) is 29.3 Å². The van der Waals surface area contributed by atoms with Gasteiger partial charge in [-0.2, -0.15) is 0 Å². The fraction of sp³-hybridized carbons (Fsp3) is 0.696. The van der Waals surface area contributed by atoms with Crippen molar-refractivity contribution in [3.8, 4) is 5.75 Å². The molecule has 0 amide bonds. The lowest BCUT2D eigenvalue weighted by Crippen LogP contribution is -2.49. The summed E-state index contributed by atoms with van der Waals surface area (Å²) < 4.78 is 17.0. The summed E-state index contributed by atoms with van der Waals surface area (Å²) in [6, 6.07) is 8.62. The van der Waals surface area contributed by atoms with Crippen LogP contribution in [0.1, 0.15) is 19.4 Å². The van der Waals surface area contributed by atoms with E-state index >= 15 is 0 Å². The van der Waals surface area contributed by atoms with Gasteiger partial charge in [-0.25, -0.2) is 4.99 Å². The SMILES string of the molecule is CCNC(=NCc1ccccc1OCCN1CCOCC1)NCC(C)N1CCOCC1.I. The van der Waals surface area contributed by atoms with E-state index in [-0.39, 0.29) is 24.0 Å². The van der Waals surface area contributed by atoms with Crippen molar-refractivity contribution in [3.63, 3.8) is 0 Å². The highest BCUT2D eigenvalue weighted by Gasteiger charge is 2.17. The van der Waals surface area contributed by atoms with Crippen LogP contribution in [0, 0.1) is 0 Å². The Balaban J connectivity index is 0.00000363. The molecule has 0 spiro atoms. The Kier molecular flexibility index (Phi) is 13.3. The van der Waals surface area contributed by atoms with Gasteiger partial charge in [-0.3, -0.25) is 9.80 Å². The highest BCUT2D eigenvalue weighted by molar-refractivity contribution is 14.0. The summed E-state index contributed by atoms with van der Waals surface area (Å²) in [5.41, 5.74) is 1.10. The maximum absolute atomic E-state index is 6.10. The van der Waals surface area contributed by atoms with E-state index in [4.69, 9.17) is 19.2 Å². The number of benzene rings is 1. The first-order valence-corrected chi connectivity index (χ1v) is 11.6. The molecule has 2 aliphatic rings. The fourth-order valence-electron chi connectivity index (χ4n) is 3.78. The quantitative estimate of drug-likeness (QED) is 0.257. The monoisotopic (exact) mass is 561 g/mol. The Hall–Kier alpha value is -1.14. The maximum atomic E-state index is 6.10. The first-order valence-electron chi connectivity index (χ1n) is 11.6. The summed E-state index contributed by atoms with van der Waals surface area (Å²) in [5.74, 6) is 1.75. The molecule has 2 heterocycles. The number of para-hydroxylation sites is 1. The molecule has 32 heavy (non-hydrogen) atoms. The Morgan fingerprint density at radius 1 is 1.06 bits per heavy atom.